The molecule has 1 aliphatic rings. The number of nitrogens with two attached hydrogens (primary N) is 1. The molecule has 1 fully saturated rings. The average Bonchev–Trinajstić information content (AvgIpc) is 2.56. The van der Waals surface area contributed by atoms with Crippen molar-refractivity contribution in [2.24, 2.45) is 5.73 Å². The van der Waals surface area contributed by atoms with E-state index in [0.717, 1.165) is 37.8 Å². The van der Waals surface area contributed by atoms with Gasteiger partial charge in [0.15, 0.2) is 0 Å². The highest BCUT2D eigenvalue weighted by Crippen LogP contribution is 2.17. The molecule has 2 aromatic heterocycles. The molecule has 1 aliphatic heterocycles. The van der Waals surface area contributed by atoms with Crippen molar-refractivity contribution < 1.29 is 4.79 Å². The number of piperazine rings is 1. The Morgan fingerprint density at radius 3 is 2.24 bits per heavy atom. The van der Waals surface area contributed by atoms with Crippen molar-refractivity contribution in [1.29, 1.82) is 0 Å². The second-order valence-corrected chi connectivity index (χ2v) is 4.91. The maximum Gasteiger partial charge on any atom is 0.267 e. The van der Waals surface area contributed by atoms with Crippen molar-refractivity contribution >= 4 is 17.5 Å². The topological polar surface area (TPSA) is 75.4 Å². The first-order chi connectivity index (χ1) is 10.2. The number of hydrogen-bond acceptors (Lipinski definition) is 5. The van der Waals surface area contributed by atoms with Crippen molar-refractivity contribution in [3.8, 4) is 0 Å². The fourth-order valence-electron chi connectivity index (χ4n) is 2.44. The smallest absolute Gasteiger partial charge is 0.267 e. The molecule has 0 saturated carbocycles. The Balaban J connectivity index is 1.68. The number of amides is 1. The maximum atomic E-state index is 11.2. The molecule has 6 heteroatoms. The lowest BCUT2D eigenvalue weighted by Gasteiger charge is -2.36. The van der Waals surface area contributed by atoms with E-state index in [1.54, 1.807) is 12.3 Å². The molecule has 0 spiro atoms. The summed E-state index contributed by atoms with van der Waals surface area (Å²) in [6.45, 7) is 3.43. The third-order valence-electron chi connectivity index (χ3n) is 3.56. The molecule has 0 atom stereocenters. The number of carbonyl (C=O) groups is 1. The van der Waals surface area contributed by atoms with Crippen molar-refractivity contribution in [2.45, 2.75) is 0 Å². The first-order valence-corrected chi connectivity index (χ1v) is 6.92. The number of carbonyl (C=O) groups excluding carboxylic acids is 1. The third-order valence-corrected chi connectivity index (χ3v) is 3.56. The fraction of sp³-hybridized carbons (Fsp3) is 0.267. The highest BCUT2D eigenvalue weighted by atomic mass is 16.1. The summed E-state index contributed by atoms with van der Waals surface area (Å²) in [6, 6.07) is 11.3. The molecule has 2 aromatic rings. The summed E-state index contributed by atoms with van der Waals surface area (Å²) in [5.74, 6) is 1.30. The minimum Gasteiger partial charge on any atom is -0.364 e. The van der Waals surface area contributed by atoms with Crippen LogP contribution in [-0.2, 0) is 0 Å². The zero-order valence-corrected chi connectivity index (χ0v) is 11.6. The van der Waals surface area contributed by atoms with Crippen LogP contribution in [0.4, 0.5) is 11.6 Å². The number of primary amides is 1. The van der Waals surface area contributed by atoms with Gasteiger partial charge in [0.25, 0.3) is 5.91 Å². The summed E-state index contributed by atoms with van der Waals surface area (Å²) in [5.41, 5.74) is 5.58. The summed E-state index contributed by atoms with van der Waals surface area (Å²) >= 11 is 0. The van der Waals surface area contributed by atoms with Crippen LogP contribution in [0.15, 0.2) is 42.6 Å². The highest BCUT2D eigenvalue weighted by Gasteiger charge is 2.19. The Morgan fingerprint density at radius 1 is 0.952 bits per heavy atom. The lowest BCUT2D eigenvalue weighted by molar-refractivity contribution is 0.0995. The van der Waals surface area contributed by atoms with Crippen LogP contribution >= 0.6 is 0 Å². The van der Waals surface area contributed by atoms with Crippen LogP contribution in [0.3, 0.4) is 0 Å². The second-order valence-electron chi connectivity index (χ2n) is 4.91. The number of rotatable bonds is 3. The van der Waals surface area contributed by atoms with Gasteiger partial charge in [-0.15, -0.1) is 0 Å². The molecule has 3 heterocycles. The predicted molar refractivity (Wildman–Crippen MR) is 81.4 cm³/mol. The number of hydrogen-bond donors (Lipinski definition) is 1. The lowest BCUT2D eigenvalue weighted by atomic mass is 10.2. The molecule has 1 saturated heterocycles. The number of aromatic nitrogens is 2. The average molecular weight is 283 g/mol. The Morgan fingerprint density at radius 2 is 1.62 bits per heavy atom. The normalized spacial score (nSPS) is 15.0. The standard InChI is InChI=1S/C15H17N5O/c16-15(21)12-4-3-6-14(18-12)20-10-8-19(9-11-20)13-5-1-2-7-17-13/h1-7H,8-11H2,(H2,16,21). The summed E-state index contributed by atoms with van der Waals surface area (Å²) in [5, 5.41) is 0. The Bertz CT molecular complexity index is 623. The molecule has 0 radical (unpaired) electrons. The van der Waals surface area contributed by atoms with Crippen LogP contribution in [-0.4, -0.2) is 42.1 Å². The summed E-state index contributed by atoms with van der Waals surface area (Å²) in [6.07, 6.45) is 1.81. The molecule has 0 bridgehead atoms. The minimum atomic E-state index is -0.496. The first-order valence-electron chi connectivity index (χ1n) is 6.92. The van der Waals surface area contributed by atoms with Crippen LogP contribution < -0.4 is 15.5 Å². The molecule has 6 nitrogen and oxygen atoms in total. The molecule has 0 aromatic carbocycles. The van der Waals surface area contributed by atoms with E-state index in [9.17, 15) is 4.79 Å². The minimum absolute atomic E-state index is 0.305. The lowest BCUT2D eigenvalue weighted by Crippen LogP contribution is -2.47. The molecular formula is C15H17N5O. The van der Waals surface area contributed by atoms with Crippen LogP contribution in [0.1, 0.15) is 10.5 Å². The van der Waals surface area contributed by atoms with Gasteiger partial charge in [0.1, 0.15) is 17.3 Å². The Kier molecular flexibility index (Phi) is 3.68. The molecule has 3 rings (SSSR count). The van der Waals surface area contributed by atoms with Crippen molar-refractivity contribution in [2.75, 3.05) is 36.0 Å². The number of pyridine rings is 2. The van der Waals surface area contributed by atoms with Gasteiger partial charge in [-0.05, 0) is 24.3 Å². The molecule has 21 heavy (non-hydrogen) atoms. The van der Waals surface area contributed by atoms with Crippen LogP contribution in [0.25, 0.3) is 0 Å². The maximum absolute atomic E-state index is 11.2. The van der Waals surface area contributed by atoms with Gasteiger partial charge in [0.2, 0.25) is 0 Å². The molecule has 1 amide bonds. The number of anilines is 2. The van der Waals surface area contributed by atoms with E-state index < -0.39 is 5.91 Å². The van der Waals surface area contributed by atoms with E-state index in [1.165, 1.54) is 0 Å². The van der Waals surface area contributed by atoms with Gasteiger partial charge in [-0.2, -0.15) is 0 Å². The second kappa shape index (κ2) is 5.78. The Hall–Kier alpha value is -2.63. The van der Waals surface area contributed by atoms with E-state index in [0.29, 0.717) is 5.69 Å². The monoisotopic (exact) mass is 283 g/mol. The molecular weight excluding hydrogens is 266 g/mol. The molecule has 2 N–H and O–H groups in total. The molecule has 0 unspecified atom stereocenters. The first kappa shape index (κ1) is 13.4. The SMILES string of the molecule is NC(=O)c1cccc(N2CCN(c3ccccn3)CC2)n1. The van der Waals surface area contributed by atoms with E-state index in [4.69, 9.17) is 5.73 Å². The van der Waals surface area contributed by atoms with Crippen LogP contribution in [0.2, 0.25) is 0 Å². The highest BCUT2D eigenvalue weighted by molar-refractivity contribution is 5.91. The van der Waals surface area contributed by atoms with Gasteiger partial charge < -0.3 is 15.5 Å². The number of nitrogens with zero attached hydrogens (tertiary/aromatic N) is 4. The molecule has 0 aliphatic carbocycles. The van der Waals surface area contributed by atoms with Gasteiger partial charge in [0, 0.05) is 32.4 Å². The van der Waals surface area contributed by atoms with Gasteiger partial charge in [0.05, 0.1) is 0 Å². The van der Waals surface area contributed by atoms with Crippen LogP contribution in [0, 0.1) is 0 Å². The molecule has 108 valence electrons. The van der Waals surface area contributed by atoms with E-state index >= 15 is 0 Å². The predicted octanol–water partition coefficient (Wildman–Crippen LogP) is 0.902. The fourth-order valence-corrected chi connectivity index (χ4v) is 2.44. The zero-order valence-electron chi connectivity index (χ0n) is 11.6. The largest absolute Gasteiger partial charge is 0.364 e. The van der Waals surface area contributed by atoms with E-state index in [2.05, 4.69) is 19.8 Å². The zero-order chi connectivity index (χ0) is 14.7. The van der Waals surface area contributed by atoms with Gasteiger partial charge in [-0.3, -0.25) is 4.79 Å². The third kappa shape index (κ3) is 2.94. The summed E-state index contributed by atoms with van der Waals surface area (Å²) < 4.78 is 0. The quantitative estimate of drug-likeness (QED) is 0.906. The van der Waals surface area contributed by atoms with E-state index in [-0.39, 0.29) is 0 Å². The van der Waals surface area contributed by atoms with Gasteiger partial charge in [-0.25, -0.2) is 9.97 Å². The van der Waals surface area contributed by atoms with Gasteiger partial charge >= 0.3 is 0 Å². The van der Waals surface area contributed by atoms with Crippen LogP contribution in [0.5, 0.6) is 0 Å². The van der Waals surface area contributed by atoms with Gasteiger partial charge in [-0.1, -0.05) is 12.1 Å². The van der Waals surface area contributed by atoms with E-state index in [1.807, 2.05) is 30.3 Å². The van der Waals surface area contributed by atoms with Crippen molar-refractivity contribution in [3.05, 3.63) is 48.3 Å². The van der Waals surface area contributed by atoms with Crippen molar-refractivity contribution in [3.63, 3.8) is 0 Å². The van der Waals surface area contributed by atoms with Crippen molar-refractivity contribution in [1.82, 2.24) is 9.97 Å². The Labute approximate surface area is 123 Å². The summed E-state index contributed by atoms with van der Waals surface area (Å²) in [7, 11) is 0. The summed E-state index contributed by atoms with van der Waals surface area (Å²) in [4.78, 5) is 24.3.